The Kier molecular flexibility index (Phi) is 2.44. The lowest BCUT2D eigenvalue weighted by atomic mass is 10.1. The summed E-state index contributed by atoms with van der Waals surface area (Å²) in [5.41, 5.74) is 1.16. The predicted octanol–water partition coefficient (Wildman–Crippen LogP) is 2.49. The van der Waals surface area contributed by atoms with Gasteiger partial charge in [0, 0.05) is 4.47 Å². The summed E-state index contributed by atoms with van der Waals surface area (Å²) in [5, 5.41) is 0. The fraction of sp³-hybridized carbons (Fsp3) is 0.333. The highest BCUT2D eigenvalue weighted by molar-refractivity contribution is 9.10. The Hall–Kier alpha value is -0.380. The van der Waals surface area contributed by atoms with Gasteiger partial charge in [0.1, 0.15) is 12.9 Å². The third kappa shape index (κ3) is 1.53. The lowest BCUT2D eigenvalue weighted by Crippen LogP contribution is -1.99. The third-order valence-corrected chi connectivity index (χ3v) is 2.60. The van der Waals surface area contributed by atoms with E-state index in [1.807, 2.05) is 24.3 Å². The molecule has 0 radical (unpaired) electrons. The van der Waals surface area contributed by atoms with Crippen LogP contribution in [0.15, 0.2) is 28.7 Å². The van der Waals surface area contributed by atoms with Gasteiger partial charge in [-0.1, -0.05) is 34.1 Å². The van der Waals surface area contributed by atoms with Crippen molar-refractivity contribution in [3.05, 3.63) is 34.3 Å². The second-order valence-corrected chi connectivity index (χ2v) is 3.52. The van der Waals surface area contributed by atoms with E-state index in [-0.39, 0.29) is 6.10 Å². The molecule has 1 atom stereocenters. The van der Waals surface area contributed by atoms with Gasteiger partial charge < -0.3 is 9.47 Å². The van der Waals surface area contributed by atoms with Crippen LogP contribution >= 0.6 is 15.9 Å². The zero-order valence-electron chi connectivity index (χ0n) is 6.50. The molecule has 1 aliphatic heterocycles. The number of rotatable bonds is 1. The van der Waals surface area contributed by atoms with Crippen molar-refractivity contribution in [2.24, 2.45) is 0 Å². The van der Waals surface area contributed by atoms with Gasteiger partial charge in [-0.2, -0.15) is 0 Å². The molecule has 12 heavy (non-hydrogen) atoms. The molecule has 0 aliphatic carbocycles. The number of halogens is 1. The zero-order valence-corrected chi connectivity index (χ0v) is 8.08. The lowest BCUT2D eigenvalue weighted by Gasteiger charge is -2.08. The molecule has 0 amide bonds. The first-order valence-corrected chi connectivity index (χ1v) is 4.61. The van der Waals surface area contributed by atoms with Crippen LogP contribution in [0.4, 0.5) is 0 Å². The first-order valence-electron chi connectivity index (χ1n) is 3.81. The van der Waals surface area contributed by atoms with Gasteiger partial charge in [-0.15, -0.1) is 0 Å². The minimum atomic E-state index is 0.0978. The molecule has 1 unspecified atom stereocenters. The fourth-order valence-electron chi connectivity index (χ4n) is 1.25. The highest BCUT2D eigenvalue weighted by Gasteiger charge is 2.19. The Bertz CT molecular complexity index is 269. The standard InChI is InChI=1S/C9H9BrO2/c10-8-4-2-1-3-7(8)9-5-11-6-12-9/h1-4,9H,5-6H2. The summed E-state index contributed by atoms with van der Waals surface area (Å²) in [6.45, 7) is 1.06. The van der Waals surface area contributed by atoms with E-state index in [4.69, 9.17) is 9.47 Å². The van der Waals surface area contributed by atoms with Crippen molar-refractivity contribution in [3.63, 3.8) is 0 Å². The molecule has 2 rings (SSSR count). The molecule has 1 aliphatic rings. The molecular weight excluding hydrogens is 220 g/mol. The van der Waals surface area contributed by atoms with E-state index >= 15 is 0 Å². The van der Waals surface area contributed by atoms with E-state index < -0.39 is 0 Å². The Morgan fingerprint density at radius 1 is 1.33 bits per heavy atom. The van der Waals surface area contributed by atoms with E-state index in [1.165, 1.54) is 0 Å². The molecule has 2 nitrogen and oxygen atoms in total. The third-order valence-electron chi connectivity index (χ3n) is 1.87. The van der Waals surface area contributed by atoms with Crippen LogP contribution in [0.25, 0.3) is 0 Å². The van der Waals surface area contributed by atoms with Crippen LogP contribution in [0.3, 0.4) is 0 Å². The van der Waals surface area contributed by atoms with Crippen LogP contribution in [0.1, 0.15) is 11.7 Å². The van der Waals surface area contributed by atoms with Gasteiger partial charge >= 0.3 is 0 Å². The second-order valence-electron chi connectivity index (χ2n) is 2.67. The van der Waals surface area contributed by atoms with Gasteiger partial charge in [-0.3, -0.25) is 0 Å². The van der Waals surface area contributed by atoms with Gasteiger partial charge in [0.2, 0.25) is 0 Å². The Labute approximate surface area is 79.6 Å². The number of ether oxygens (including phenoxy) is 2. The van der Waals surface area contributed by atoms with Crippen molar-refractivity contribution in [1.82, 2.24) is 0 Å². The topological polar surface area (TPSA) is 18.5 Å². The minimum absolute atomic E-state index is 0.0978. The maximum Gasteiger partial charge on any atom is 0.147 e. The molecule has 3 heteroatoms. The molecular formula is C9H9BrO2. The maximum atomic E-state index is 5.37. The summed E-state index contributed by atoms with van der Waals surface area (Å²) < 4.78 is 11.6. The summed E-state index contributed by atoms with van der Waals surface area (Å²) in [6, 6.07) is 8.05. The first-order chi connectivity index (χ1) is 5.88. The minimum Gasteiger partial charge on any atom is -0.352 e. The highest BCUT2D eigenvalue weighted by Crippen LogP contribution is 2.28. The molecule has 0 N–H and O–H groups in total. The van der Waals surface area contributed by atoms with Crippen LogP contribution in [0.2, 0.25) is 0 Å². The summed E-state index contributed by atoms with van der Waals surface area (Å²) in [4.78, 5) is 0. The summed E-state index contributed by atoms with van der Waals surface area (Å²) >= 11 is 3.47. The van der Waals surface area contributed by atoms with E-state index in [0.29, 0.717) is 13.4 Å². The van der Waals surface area contributed by atoms with Crippen molar-refractivity contribution >= 4 is 15.9 Å². The summed E-state index contributed by atoms with van der Waals surface area (Å²) in [5.74, 6) is 0. The molecule has 1 saturated heterocycles. The van der Waals surface area contributed by atoms with Gasteiger partial charge in [-0.25, -0.2) is 0 Å². The monoisotopic (exact) mass is 228 g/mol. The van der Waals surface area contributed by atoms with Crippen molar-refractivity contribution in [1.29, 1.82) is 0 Å². The first kappa shape index (κ1) is 8.23. The van der Waals surface area contributed by atoms with Crippen LogP contribution in [0.5, 0.6) is 0 Å². The summed E-state index contributed by atoms with van der Waals surface area (Å²) in [6.07, 6.45) is 0.0978. The SMILES string of the molecule is Brc1ccccc1C1COCO1. The molecule has 1 aromatic carbocycles. The number of benzene rings is 1. The largest absolute Gasteiger partial charge is 0.352 e. The van der Waals surface area contributed by atoms with E-state index in [1.54, 1.807) is 0 Å². The van der Waals surface area contributed by atoms with Gasteiger partial charge in [0.15, 0.2) is 0 Å². The Balaban J connectivity index is 2.26. The van der Waals surface area contributed by atoms with E-state index in [2.05, 4.69) is 15.9 Å². The smallest absolute Gasteiger partial charge is 0.147 e. The van der Waals surface area contributed by atoms with Crippen molar-refractivity contribution < 1.29 is 9.47 Å². The van der Waals surface area contributed by atoms with Crippen LogP contribution in [-0.2, 0) is 9.47 Å². The van der Waals surface area contributed by atoms with Crippen LogP contribution in [-0.4, -0.2) is 13.4 Å². The molecule has 64 valence electrons. The molecule has 1 fully saturated rings. The molecule has 0 spiro atoms. The average molecular weight is 229 g/mol. The second kappa shape index (κ2) is 3.56. The van der Waals surface area contributed by atoms with Crippen molar-refractivity contribution in [2.45, 2.75) is 6.10 Å². The molecule has 0 saturated carbocycles. The zero-order chi connectivity index (χ0) is 8.39. The predicted molar refractivity (Wildman–Crippen MR) is 48.8 cm³/mol. The van der Waals surface area contributed by atoms with Gasteiger partial charge in [0.05, 0.1) is 6.61 Å². The maximum absolute atomic E-state index is 5.37. The van der Waals surface area contributed by atoms with E-state index in [9.17, 15) is 0 Å². The van der Waals surface area contributed by atoms with Crippen molar-refractivity contribution in [3.8, 4) is 0 Å². The normalized spacial score (nSPS) is 22.9. The van der Waals surface area contributed by atoms with Gasteiger partial charge in [0.25, 0.3) is 0 Å². The average Bonchev–Trinajstić information content (AvgIpc) is 2.57. The molecule has 1 aromatic rings. The Morgan fingerprint density at radius 3 is 2.83 bits per heavy atom. The fourth-order valence-corrected chi connectivity index (χ4v) is 1.79. The molecule has 1 heterocycles. The van der Waals surface area contributed by atoms with Crippen LogP contribution in [0, 0.1) is 0 Å². The van der Waals surface area contributed by atoms with Crippen molar-refractivity contribution in [2.75, 3.05) is 13.4 Å². The Morgan fingerprint density at radius 2 is 2.17 bits per heavy atom. The molecule has 0 aromatic heterocycles. The summed E-state index contributed by atoms with van der Waals surface area (Å²) in [7, 11) is 0. The number of hydrogen-bond acceptors (Lipinski definition) is 2. The van der Waals surface area contributed by atoms with Crippen LogP contribution < -0.4 is 0 Å². The molecule has 0 bridgehead atoms. The quantitative estimate of drug-likeness (QED) is 0.736. The van der Waals surface area contributed by atoms with Gasteiger partial charge in [-0.05, 0) is 11.6 Å². The lowest BCUT2D eigenvalue weighted by molar-refractivity contribution is 0.0464. The highest BCUT2D eigenvalue weighted by atomic mass is 79.9. The van der Waals surface area contributed by atoms with E-state index in [0.717, 1.165) is 10.0 Å². The number of hydrogen-bond donors (Lipinski definition) is 0.